The molecule has 0 aromatic carbocycles. The van der Waals surface area contributed by atoms with Gasteiger partial charge < -0.3 is 24.6 Å². The minimum atomic E-state index is -1.39. The highest BCUT2D eigenvalue weighted by atomic mass is 16.6. The molecule has 0 unspecified atom stereocenters. The molecule has 0 aromatic heterocycles. The summed E-state index contributed by atoms with van der Waals surface area (Å²) < 4.78 is 10.1. The first-order chi connectivity index (χ1) is 8.60. The third-order valence-electron chi connectivity index (χ3n) is 3.56. The SMILES string of the molecule is CC(C)(C)OC(=O)N1CC(C(=O)O)(C2(O)COC2)C1. The highest BCUT2D eigenvalue weighted by molar-refractivity contribution is 5.82. The topological polar surface area (TPSA) is 96.3 Å². The Hall–Kier alpha value is -1.34. The van der Waals surface area contributed by atoms with E-state index in [-0.39, 0.29) is 26.3 Å². The highest BCUT2D eigenvalue weighted by Gasteiger charge is 2.67. The van der Waals surface area contributed by atoms with Crippen LogP contribution >= 0.6 is 0 Å². The third kappa shape index (κ3) is 2.17. The molecule has 108 valence electrons. The second kappa shape index (κ2) is 4.08. The minimum absolute atomic E-state index is 0.0124. The Labute approximate surface area is 111 Å². The smallest absolute Gasteiger partial charge is 0.410 e. The number of aliphatic hydroxyl groups is 1. The number of hydrogen-bond donors (Lipinski definition) is 2. The maximum Gasteiger partial charge on any atom is 0.410 e. The van der Waals surface area contributed by atoms with Gasteiger partial charge in [0.1, 0.15) is 16.6 Å². The molecule has 19 heavy (non-hydrogen) atoms. The number of carboxylic acids is 1. The molecule has 1 amide bonds. The molecule has 0 saturated carbocycles. The lowest BCUT2D eigenvalue weighted by atomic mass is 9.65. The van der Waals surface area contributed by atoms with E-state index in [1.807, 2.05) is 0 Å². The molecule has 7 nitrogen and oxygen atoms in total. The number of rotatable bonds is 2. The van der Waals surface area contributed by atoms with Crippen LogP contribution in [0.2, 0.25) is 0 Å². The Morgan fingerprint density at radius 1 is 1.26 bits per heavy atom. The molecular formula is C12H19NO6. The summed E-state index contributed by atoms with van der Waals surface area (Å²) >= 11 is 0. The van der Waals surface area contributed by atoms with Crippen LogP contribution in [-0.2, 0) is 14.3 Å². The zero-order valence-corrected chi connectivity index (χ0v) is 11.3. The summed E-state index contributed by atoms with van der Waals surface area (Å²) in [7, 11) is 0. The molecule has 2 heterocycles. The van der Waals surface area contributed by atoms with Crippen molar-refractivity contribution in [1.29, 1.82) is 0 Å². The van der Waals surface area contributed by atoms with Crippen molar-refractivity contribution < 1.29 is 29.3 Å². The monoisotopic (exact) mass is 273 g/mol. The fourth-order valence-corrected chi connectivity index (χ4v) is 2.26. The first-order valence-electron chi connectivity index (χ1n) is 6.11. The first kappa shape index (κ1) is 14.1. The van der Waals surface area contributed by atoms with Gasteiger partial charge in [-0.3, -0.25) is 4.79 Å². The van der Waals surface area contributed by atoms with Crippen molar-refractivity contribution in [3.63, 3.8) is 0 Å². The molecule has 2 fully saturated rings. The van der Waals surface area contributed by atoms with E-state index >= 15 is 0 Å². The third-order valence-corrected chi connectivity index (χ3v) is 3.56. The number of carbonyl (C=O) groups is 2. The summed E-state index contributed by atoms with van der Waals surface area (Å²) in [5, 5.41) is 19.5. The van der Waals surface area contributed by atoms with E-state index in [1.54, 1.807) is 20.8 Å². The Kier molecular flexibility index (Phi) is 3.02. The van der Waals surface area contributed by atoms with E-state index in [0.717, 1.165) is 0 Å². The van der Waals surface area contributed by atoms with Gasteiger partial charge in [0.25, 0.3) is 0 Å². The summed E-state index contributed by atoms with van der Waals surface area (Å²) in [6.07, 6.45) is -0.562. The summed E-state index contributed by atoms with van der Waals surface area (Å²) in [6.45, 7) is 5.07. The molecule has 0 bridgehead atoms. The van der Waals surface area contributed by atoms with Crippen LogP contribution in [0, 0.1) is 5.41 Å². The zero-order chi connectivity index (χ0) is 14.5. The zero-order valence-electron chi connectivity index (χ0n) is 11.3. The number of ether oxygens (including phenoxy) is 2. The van der Waals surface area contributed by atoms with E-state index in [2.05, 4.69) is 0 Å². The Morgan fingerprint density at radius 2 is 1.79 bits per heavy atom. The normalized spacial score (nSPS) is 24.1. The minimum Gasteiger partial charge on any atom is -0.481 e. The highest BCUT2D eigenvalue weighted by Crippen LogP contribution is 2.45. The molecule has 7 heteroatoms. The van der Waals surface area contributed by atoms with Crippen molar-refractivity contribution in [2.45, 2.75) is 32.0 Å². The lowest BCUT2D eigenvalue weighted by Gasteiger charge is -2.57. The van der Waals surface area contributed by atoms with Gasteiger partial charge in [0.15, 0.2) is 0 Å². The van der Waals surface area contributed by atoms with Crippen LogP contribution in [0.4, 0.5) is 4.79 Å². The number of nitrogens with zero attached hydrogens (tertiary/aromatic N) is 1. The molecular weight excluding hydrogens is 254 g/mol. The van der Waals surface area contributed by atoms with Crippen molar-refractivity contribution in [2.24, 2.45) is 5.41 Å². The maximum atomic E-state index is 11.8. The lowest BCUT2D eigenvalue weighted by Crippen LogP contribution is -2.77. The quantitative estimate of drug-likeness (QED) is 0.739. The second-order valence-corrected chi connectivity index (χ2v) is 6.25. The summed E-state index contributed by atoms with van der Waals surface area (Å²) in [5.74, 6) is -1.11. The van der Waals surface area contributed by atoms with Crippen molar-refractivity contribution in [3.8, 4) is 0 Å². The number of amides is 1. The van der Waals surface area contributed by atoms with E-state index in [1.165, 1.54) is 4.90 Å². The average Bonchev–Trinajstić information content (AvgIpc) is 2.09. The van der Waals surface area contributed by atoms with Gasteiger partial charge in [-0.1, -0.05) is 0 Å². The van der Waals surface area contributed by atoms with Gasteiger partial charge in [0.05, 0.1) is 13.2 Å². The van der Waals surface area contributed by atoms with Crippen LogP contribution in [0.5, 0.6) is 0 Å². The molecule has 0 aliphatic carbocycles. The number of likely N-dealkylation sites (tertiary alicyclic amines) is 1. The Bertz CT molecular complexity index is 403. The lowest BCUT2D eigenvalue weighted by molar-refractivity contribution is -0.268. The first-order valence-corrected chi connectivity index (χ1v) is 6.11. The summed E-state index contributed by atoms with van der Waals surface area (Å²) in [4.78, 5) is 24.5. The van der Waals surface area contributed by atoms with Gasteiger partial charge in [-0.15, -0.1) is 0 Å². The Balaban J connectivity index is 2.03. The summed E-state index contributed by atoms with van der Waals surface area (Å²) in [6, 6.07) is 0. The molecule has 0 spiro atoms. The van der Waals surface area contributed by atoms with Gasteiger partial charge in [-0.05, 0) is 20.8 Å². The number of carboxylic acid groups (broad SMARTS) is 1. The van der Waals surface area contributed by atoms with Crippen molar-refractivity contribution in [3.05, 3.63) is 0 Å². The van der Waals surface area contributed by atoms with Crippen LogP contribution in [-0.4, -0.2) is 64.7 Å². The fourth-order valence-electron chi connectivity index (χ4n) is 2.26. The van der Waals surface area contributed by atoms with Crippen molar-refractivity contribution >= 4 is 12.1 Å². The summed E-state index contributed by atoms with van der Waals surface area (Å²) in [5.41, 5.74) is -3.37. The predicted octanol–water partition coefficient (Wildman–Crippen LogP) is 0.0694. The number of hydrogen-bond acceptors (Lipinski definition) is 5. The van der Waals surface area contributed by atoms with Gasteiger partial charge in [-0.25, -0.2) is 4.79 Å². The fraction of sp³-hybridized carbons (Fsp3) is 0.833. The Morgan fingerprint density at radius 3 is 2.11 bits per heavy atom. The van der Waals surface area contributed by atoms with Gasteiger partial charge in [0, 0.05) is 13.1 Å². The van der Waals surface area contributed by atoms with E-state index in [4.69, 9.17) is 9.47 Å². The molecule has 2 rings (SSSR count). The van der Waals surface area contributed by atoms with Crippen LogP contribution in [0.15, 0.2) is 0 Å². The molecule has 2 aliphatic rings. The van der Waals surface area contributed by atoms with Crippen LogP contribution in [0.3, 0.4) is 0 Å². The average molecular weight is 273 g/mol. The van der Waals surface area contributed by atoms with E-state index in [9.17, 15) is 19.8 Å². The number of carbonyl (C=O) groups excluding carboxylic acids is 1. The molecule has 2 saturated heterocycles. The van der Waals surface area contributed by atoms with Gasteiger partial charge >= 0.3 is 12.1 Å². The predicted molar refractivity (Wildman–Crippen MR) is 63.6 cm³/mol. The van der Waals surface area contributed by atoms with Crippen molar-refractivity contribution in [2.75, 3.05) is 26.3 Å². The van der Waals surface area contributed by atoms with Crippen LogP contribution in [0.25, 0.3) is 0 Å². The van der Waals surface area contributed by atoms with E-state index < -0.39 is 28.7 Å². The molecule has 2 N–H and O–H groups in total. The molecule has 0 aromatic rings. The van der Waals surface area contributed by atoms with Gasteiger partial charge in [-0.2, -0.15) is 0 Å². The molecule has 0 radical (unpaired) electrons. The van der Waals surface area contributed by atoms with Gasteiger partial charge in [0.2, 0.25) is 0 Å². The maximum absolute atomic E-state index is 11.8. The molecule has 2 aliphatic heterocycles. The largest absolute Gasteiger partial charge is 0.481 e. The van der Waals surface area contributed by atoms with Crippen molar-refractivity contribution in [1.82, 2.24) is 4.90 Å². The van der Waals surface area contributed by atoms with E-state index in [0.29, 0.717) is 0 Å². The second-order valence-electron chi connectivity index (χ2n) is 6.25. The van der Waals surface area contributed by atoms with Crippen LogP contribution < -0.4 is 0 Å². The van der Waals surface area contributed by atoms with Crippen LogP contribution in [0.1, 0.15) is 20.8 Å². The number of aliphatic carboxylic acids is 1. The standard InChI is InChI=1S/C12H19NO6/c1-10(2,3)19-9(16)13-4-11(5-13,8(14)15)12(17)6-18-7-12/h17H,4-7H2,1-3H3,(H,14,15). The molecule has 0 atom stereocenters.